The molecular formula is C26H32O6. The van der Waals surface area contributed by atoms with Crippen LogP contribution < -0.4 is 9.47 Å². The quantitative estimate of drug-likeness (QED) is 0.435. The van der Waals surface area contributed by atoms with Crippen molar-refractivity contribution in [1.82, 2.24) is 0 Å². The first-order valence-electron chi connectivity index (χ1n) is 11.3. The second-order valence-corrected chi connectivity index (χ2v) is 8.29. The van der Waals surface area contributed by atoms with Crippen LogP contribution in [0.25, 0.3) is 0 Å². The summed E-state index contributed by atoms with van der Waals surface area (Å²) in [6, 6.07) is 10.9. The highest BCUT2D eigenvalue weighted by Crippen LogP contribution is 2.35. The molecule has 172 valence electrons. The average molecular weight is 441 g/mol. The fourth-order valence-electron chi connectivity index (χ4n) is 4.12. The minimum Gasteiger partial charge on any atom is -0.507 e. The number of ether oxygens (including phenoxy) is 3. The Morgan fingerprint density at radius 1 is 1.03 bits per heavy atom. The van der Waals surface area contributed by atoms with Crippen molar-refractivity contribution in [3.8, 4) is 17.2 Å². The number of ketones is 1. The van der Waals surface area contributed by atoms with Crippen LogP contribution in [0.3, 0.4) is 0 Å². The Bertz CT molecular complexity index is 934. The minimum absolute atomic E-state index is 0.0227. The first-order chi connectivity index (χ1) is 15.4. The van der Waals surface area contributed by atoms with E-state index in [1.165, 1.54) is 14.0 Å². The van der Waals surface area contributed by atoms with Crippen LogP contribution in [0.5, 0.6) is 17.2 Å². The van der Waals surface area contributed by atoms with Gasteiger partial charge in [-0.05, 0) is 62.4 Å². The molecule has 0 saturated heterocycles. The maximum atomic E-state index is 11.8. The molecular weight excluding hydrogens is 408 g/mol. The minimum atomic E-state index is -0.268. The van der Waals surface area contributed by atoms with Crippen LogP contribution in [0.4, 0.5) is 0 Å². The Labute approximate surface area is 189 Å². The van der Waals surface area contributed by atoms with Crippen molar-refractivity contribution in [1.29, 1.82) is 0 Å². The summed E-state index contributed by atoms with van der Waals surface area (Å²) in [7, 11) is 1.38. The molecule has 1 aliphatic carbocycles. The molecule has 6 nitrogen and oxygen atoms in total. The van der Waals surface area contributed by atoms with Gasteiger partial charge in [0.25, 0.3) is 0 Å². The molecule has 1 saturated carbocycles. The highest BCUT2D eigenvalue weighted by Gasteiger charge is 2.26. The van der Waals surface area contributed by atoms with Gasteiger partial charge in [0, 0.05) is 12.0 Å². The molecule has 0 heterocycles. The largest absolute Gasteiger partial charge is 0.507 e. The van der Waals surface area contributed by atoms with Crippen LogP contribution in [-0.2, 0) is 22.4 Å². The van der Waals surface area contributed by atoms with E-state index in [0.29, 0.717) is 23.3 Å². The van der Waals surface area contributed by atoms with Gasteiger partial charge in [0.2, 0.25) is 0 Å². The summed E-state index contributed by atoms with van der Waals surface area (Å²) in [6.45, 7) is 3.49. The Hall–Kier alpha value is -3.02. The molecule has 1 N–H and O–H groups in total. The van der Waals surface area contributed by atoms with Crippen molar-refractivity contribution >= 4 is 11.8 Å². The number of rotatable bonds is 9. The zero-order chi connectivity index (χ0) is 23.1. The molecule has 2 aromatic rings. The predicted molar refractivity (Wildman–Crippen MR) is 122 cm³/mol. The fourth-order valence-corrected chi connectivity index (χ4v) is 4.12. The number of carbonyl (C=O) groups excluding carboxylic acids is 2. The van der Waals surface area contributed by atoms with Crippen LogP contribution in [-0.4, -0.2) is 36.2 Å². The number of hydrogen-bond donors (Lipinski definition) is 1. The van der Waals surface area contributed by atoms with Crippen LogP contribution in [0.2, 0.25) is 0 Å². The molecule has 32 heavy (non-hydrogen) atoms. The van der Waals surface area contributed by atoms with E-state index in [1.54, 1.807) is 12.1 Å². The first-order valence-corrected chi connectivity index (χ1v) is 11.3. The van der Waals surface area contributed by atoms with Crippen molar-refractivity contribution < 1.29 is 28.9 Å². The number of hydrogen-bond acceptors (Lipinski definition) is 6. The lowest BCUT2D eigenvalue weighted by Crippen LogP contribution is -2.32. The van der Waals surface area contributed by atoms with Gasteiger partial charge in [-0.3, -0.25) is 9.59 Å². The van der Waals surface area contributed by atoms with Gasteiger partial charge in [-0.15, -0.1) is 0 Å². The Balaban J connectivity index is 1.64. The second kappa shape index (κ2) is 11.0. The maximum absolute atomic E-state index is 11.8. The van der Waals surface area contributed by atoms with Crippen LogP contribution in [0.1, 0.15) is 67.4 Å². The molecule has 0 radical (unpaired) electrons. The fraction of sp³-hybridized carbons (Fsp3) is 0.462. The average Bonchev–Trinajstić information content (AvgIpc) is 2.77. The lowest BCUT2D eigenvalue weighted by atomic mass is 9.94. The summed E-state index contributed by atoms with van der Waals surface area (Å²) in [5, 5.41) is 10.6. The van der Waals surface area contributed by atoms with Crippen molar-refractivity contribution in [2.75, 3.05) is 7.11 Å². The lowest BCUT2D eigenvalue weighted by Gasteiger charge is -2.31. The first kappa shape index (κ1) is 23.6. The number of esters is 1. The van der Waals surface area contributed by atoms with E-state index in [4.69, 9.17) is 14.2 Å². The predicted octanol–water partition coefficient (Wildman–Crippen LogP) is 5.03. The molecule has 1 aliphatic rings. The standard InChI is InChI=1S/C26H32O6/c1-4-6-23-24(14-13-22(17(2)27)26(23)29)32-21-8-5-7-20(16-21)31-19-11-9-18(10-12-19)15-25(28)30-3/h9-14,20-21,29H,4-8,15-16H2,1-3H3. The van der Waals surface area contributed by atoms with Crippen LogP contribution in [0.15, 0.2) is 36.4 Å². The maximum Gasteiger partial charge on any atom is 0.309 e. The highest BCUT2D eigenvalue weighted by atomic mass is 16.5. The zero-order valence-electron chi connectivity index (χ0n) is 19.1. The van der Waals surface area contributed by atoms with E-state index in [2.05, 4.69) is 0 Å². The SMILES string of the molecule is CCCc1c(OC2CCCC(Oc3ccc(CC(=O)OC)cc3)C2)ccc(C(C)=O)c1O. The van der Waals surface area contributed by atoms with Crippen molar-refractivity contribution in [3.05, 3.63) is 53.1 Å². The Kier molecular flexibility index (Phi) is 8.14. The summed E-state index contributed by atoms with van der Waals surface area (Å²) in [5.41, 5.74) is 1.91. The Morgan fingerprint density at radius 2 is 1.72 bits per heavy atom. The summed E-state index contributed by atoms with van der Waals surface area (Å²) in [4.78, 5) is 23.2. The van der Waals surface area contributed by atoms with Crippen molar-refractivity contribution in [2.24, 2.45) is 0 Å². The molecule has 2 unspecified atom stereocenters. The van der Waals surface area contributed by atoms with E-state index < -0.39 is 0 Å². The number of aromatic hydroxyl groups is 1. The molecule has 3 rings (SSSR count). The molecule has 0 spiro atoms. The van der Waals surface area contributed by atoms with Gasteiger partial charge in [-0.2, -0.15) is 0 Å². The number of Topliss-reactive ketones (excluding diaryl/α,β-unsaturated/α-hetero) is 1. The number of phenols is 1. The van der Waals surface area contributed by atoms with Gasteiger partial charge in [-0.1, -0.05) is 25.5 Å². The van der Waals surface area contributed by atoms with E-state index in [1.807, 2.05) is 31.2 Å². The molecule has 0 bridgehead atoms. The van der Waals surface area contributed by atoms with Gasteiger partial charge in [0.1, 0.15) is 29.5 Å². The van der Waals surface area contributed by atoms with E-state index in [-0.39, 0.29) is 36.1 Å². The smallest absolute Gasteiger partial charge is 0.309 e. The third kappa shape index (κ3) is 6.02. The molecule has 2 aromatic carbocycles. The summed E-state index contributed by atoms with van der Waals surface area (Å²) in [5.74, 6) is 1.02. The van der Waals surface area contributed by atoms with E-state index >= 15 is 0 Å². The van der Waals surface area contributed by atoms with Gasteiger partial charge >= 0.3 is 5.97 Å². The van der Waals surface area contributed by atoms with Crippen LogP contribution in [0, 0.1) is 0 Å². The van der Waals surface area contributed by atoms with Crippen LogP contribution >= 0.6 is 0 Å². The molecule has 0 amide bonds. The van der Waals surface area contributed by atoms with Gasteiger partial charge < -0.3 is 19.3 Å². The molecule has 1 fully saturated rings. The van der Waals surface area contributed by atoms with Gasteiger partial charge in [0.05, 0.1) is 19.1 Å². The Morgan fingerprint density at radius 3 is 2.34 bits per heavy atom. The summed E-state index contributed by atoms with van der Waals surface area (Å²) < 4.78 is 17.2. The number of carbonyl (C=O) groups is 2. The molecule has 0 aromatic heterocycles. The van der Waals surface area contributed by atoms with E-state index in [9.17, 15) is 14.7 Å². The molecule has 2 atom stereocenters. The summed E-state index contributed by atoms with van der Waals surface area (Å²) >= 11 is 0. The van der Waals surface area contributed by atoms with Gasteiger partial charge in [-0.25, -0.2) is 0 Å². The number of phenolic OH excluding ortho intramolecular Hbond substituents is 1. The highest BCUT2D eigenvalue weighted by molar-refractivity contribution is 5.97. The number of methoxy groups -OCH3 is 1. The summed E-state index contributed by atoms with van der Waals surface area (Å²) in [6.07, 6.45) is 5.32. The van der Waals surface area contributed by atoms with Gasteiger partial charge in [0.15, 0.2) is 5.78 Å². The third-order valence-electron chi connectivity index (χ3n) is 5.79. The monoisotopic (exact) mass is 440 g/mol. The molecule has 6 heteroatoms. The second-order valence-electron chi connectivity index (χ2n) is 8.29. The topological polar surface area (TPSA) is 82.1 Å². The molecule has 0 aliphatic heterocycles. The normalized spacial score (nSPS) is 18.1. The van der Waals surface area contributed by atoms with Crippen molar-refractivity contribution in [3.63, 3.8) is 0 Å². The van der Waals surface area contributed by atoms with Crippen molar-refractivity contribution in [2.45, 2.75) is 71.0 Å². The van der Waals surface area contributed by atoms with E-state index in [0.717, 1.165) is 43.4 Å². The zero-order valence-corrected chi connectivity index (χ0v) is 19.1. The number of benzene rings is 2. The lowest BCUT2D eigenvalue weighted by molar-refractivity contribution is -0.139. The third-order valence-corrected chi connectivity index (χ3v) is 5.79.